The zero-order valence-corrected chi connectivity index (χ0v) is 14.0. The highest BCUT2D eigenvalue weighted by atomic mass is 16.3. The van der Waals surface area contributed by atoms with Crippen molar-refractivity contribution in [1.82, 2.24) is 0 Å². The Morgan fingerprint density at radius 1 is 1.27 bits per heavy atom. The van der Waals surface area contributed by atoms with Crippen molar-refractivity contribution in [2.45, 2.75) is 52.1 Å². The molecule has 4 rings (SSSR count). The van der Waals surface area contributed by atoms with Gasteiger partial charge in [-0.25, -0.2) is 0 Å². The van der Waals surface area contributed by atoms with Gasteiger partial charge >= 0.3 is 0 Å². The first-order valence-corrected chi connectivity index (χ1v) is 9.25. The highest BCUT2D eigenvalue weighted by Crippen LogP contribution is 2.63. The molecule has 1 N–H and O–H groups in total. The fraction of sp³-hybridized carbons (Fsp3) is 0.714. The van der Waals surface area contributed by atoms with Crippen LogP contribution in [0.2, 0.25) is 0 Å². The molecule has 0 spiro atoms. The third kappa shape index (κ3) is 1.94. The van der Waals surface area contributed by atoms with Gasteiger partial charge in [0.15, 0.2) is 0 Å². The summed E-state index contributed by atoms with van der Waals surface area (Å²) in [5.41, 5.74) is 1.71. The summed E-state index contributed by atoms with van der Waals surface area (Å²) < 4.78 is 0. The lowest BCUT2D eigenvalue weighted by molar-refractivity contribution is -0.00980. The molecule has 0 aromatic rings. The second kappa shape index (κ2) is 5.09. The fourth-order valence-corrected chi connectivity index (χ4v) is 6.72. The van der Waals surface area contributed by atoms with E-state index in [1.807, 2.05) is 6.08 Å². The van der Waals surface area contributed by atoms with Gasteiger partial charge in [0.2, 0.25) is 0 Å². The first-order chi connectivity index (χ1) is 10.5. The largest absolute Gasteiger partial charge is 0.385 e. The average molecular weight is 298 g/mol. The maximum atomic E-state index is 9.95. The van der Waals surface area contributed by atoms with Gasteiger partial charge in [-0.3, -0.25) is 0 Å². The summed E-state index contributed by atoms with van der Waals surface area (Å²) in [6.45, 7) is 9.03. The van der Waals surface area contributed by atoms with E-state index in [1.165, 1.54) is 37.7 Å². The van der Waals surface area contributed by atoms with Gasteiger partial charge in [-0.05, 0) is 67.6 Å². The summed E-state index contributed by atoms with van der Waals surface area (Å²) in [5, 5.41) is 9.95. The molecule has 4 unspecified atom stereocenters. The molecule has 3 saturated carbocycles. The fourth-order valence-electron chi connectivity index (χ4n) is 6.72. The van der Waals surface area contributed by atoms with Crippen LogP contribution in [0.5, 0.6) is 0 Å². The second-order valence-corrected chi connectivity index (χ2v) is 8.56. The van der Waals surface area contributed by atoms with E-state index in [2.05, 4.69) is 38.7 Å². The van der Waals surface area contributed by atoms with Crippen LogP contribution in [-0.4, -0.2) is 11.2 Å². The number of hydrogen-bond donors (Lipinski definition) is 1. The van der Waals surface area contributed by atoms with E-state index in [9.17, 15) is 5.11 Å². The Labute approximate surface area is 135 Å². The van der Waals surface area contributed by atoms with Crippen molar-refractivity contribution in [3.05, 3.63) is 36.5 Å². The van der Waals surface area contributed by atoms with Crippen LogP contribution < -0.4 is 0 Å². The SMILES string of the molecule is C=C[C@H]1CCC2C3CCC4=C[C@@H](O)C=C[C@]4(C)C3C[C@@H](C)C21. The van der Waals surface area contributed by atoms with Crippen molar-refractivity contribution in [2.75, 3.05) is 0 Å². The molecule has 0 bridgehead atoms. The van der Waals surface area contributed by atoms with Gasteiger partial charge in [0.25, 0.3) is 0 Å². The number of rotatable bonds is 1. The Morgan fingerprint density at radius 2 is 2.09 bits per heavy atom. The third-order valence-corrected chi connectivity index (χ3v) is 7.70. The minimum Gasteiger partial charge on any atom is -0.385 e. The summed E-state index contributed by atoms with van der Waals surface area (Å²) in [4.78, 5) is 0. The lowest BCUT2D eigenvalue weighted by atomic mass is 9.49. The van der Waals surface area contributed by atoms with Crippen LogP contribution >= 0.6 is 0 Å². The molecule has 0 aromatic heterocycles. The zero-order chi connectivity index (χ0) is 15.5. The Hall–Kier alpha value is -0.820. The smallest absolute Gasteiger partial charge is 0.0905 e. The van der Waals surface area contributed by atoms with Crippen molar-refractivity contribution in [2.24, 2.45) is 40.9 Å². The predicted molar refractivity (Wildman–Crippen MR) is 91.2 cm³/mol. The summed E-state index contributed by atoms with van der Waals surface area (Å²) in [5.74, 6) is 5.02. The minimum absolute atomic E-state index is 0.202. The molecule has 0 aromatic carbocycles. The maximum absolute atomic E-state index is 9.95. The molecular weight excluding hydrogens is 268 g/mol. The topological polar surface area (TPSA) is 20.2 Å². The molecule has 120 valence electrons. The minimum atomic E-state index is -0.356. The molecule has 0 aliphatic heterocycles. The lowest BCUT2D eigenvalue weighted by Crippen LogP contribution is -2.48. The molecule has 8 atom stereocenters. The molecule has 0 saturated heterocycles. The Kier molecular flexibility index (Phi) is 3.41. The summed E-state index contributed by atoms with van der Waals surface area (Å²) in [7, 11) is 0. The highest BCUT2D eigenvalue weighted by molar-refractivity contribution is 5.33. The van der Waals surface area contributed by atoms with Crippen LogP contribution in [0.1, 0.15) is 46.0 Å². The Bertz CT molecular complexity index is 530. The van der Waals surface area contributed by atoms with Crippen LogP contribution in [0.4, 0.5) is 0 Å². The average Bonchev–Trinajstić information content (AvgIpc) is 2.94. The monoisotopic (exact) mass is 298 g/mol. The van der Waals surface area contributed by atoms with Gasteiger partial charge in [-0.1, -0.05) is 43.7 Å². The number of aliphatic hydroxyl groups is 1. The molecule has 0 radical (unpaired) electrons. The first kappa shape index (κ1) is 14.8. The lowest BCUT2D eigenvalue weighted by Gasteiger charge is -2.56. The molecule has 4 aliphatic carbocycles. The Morgan fingerprint density at radius 3 is 2.86 bits per heavy atom. The van der Waals surface area contributed by atoms with E-state index >= 15 is 0 Å². The molecule has 3 fully saturated rings. The van der Waals surface area contributed by atoms with Gasteiger partial charge in [0, 0.05) is 5.41 Å². The molecule has 1 heteroatoms. The van der Waals surface area contributed by atoms with E-state index < -0.39 is 0 Å². The molecule has 0 heterocycles. The quantitative estimate of drug-likeness (QED) is 0.693. The van der Waals surface area contributed by atoms with Gasteiger partial charge in [-0.2, -0.15) is 0 Å². The third-order valence-electron chi connectivity index (χ3n) is 7.70. The summed E-state index contributed by atoms with van der Waals surface area (Å²) in [6.07, 6.45) is 15.0. The van der Waals surface area contributed by atoms with Crippen LogP contribution in [0.3, 0.4) is 0 Å². The van der Waals surface area contributed by atoms with E-state index in [1.54, 1.807) is 0 Å². The van der Waals surface area contributed by atoms with Crippen molar-refractivity contribution >= 4 is 0 Å². The zero-order valence-electron chi connectivity index (χ0n) is 14.0. The predicted octanol–water partition coefficient (Wildman–Crippen LogP) is 4.74. The maximum Gasteiger partial charge on any atom is 0.0905 e. The van der Waals surface area contributed by atoms with E-state index in [0.717, 1.165) is 35.5 Å². The Balaban J connectivity index is 1.68. The highest BCUT2D eigenvalue weighted by Gasteiger charge is 2.55. The number of allylic oxidation sites excluding steroid dienone is 3. The molecule has 1 nitrogen and oxygen atoms in total. The molecule has 4 aliphatic rings. The van der Waals surface area contributed by atoms with Crippen molar-refractivity contribution in [1.29, 1.82) is 0 Å². The van der Waals surface area contributed by atoms with Gasteiger partial charge in [0.05, 0.1) is 6.10 Å². The second-order valence-electron chi connectivity index (χ2n) is 8.56. The van der Waals surface area contributed by atoms with E-state index in [4.69, 9.17) is 0 Å². The van der Waals surface area contributed by atoms with Gasteiger partial charge in [-0.15, -0.1) is 6.58 Å². The summed E-state index contributed by atoms with van der Waals surface area (Å²) >= 11 is 0. The number of aliphatic hydroxyl groups excluding tert-OH is 1. The normalized spacial score (nSPS) is 53.2. The van der Waals surface area contributed by atoms with Crippen LogP contribution in [0.25, 0.3) is 0 Å². The standard InChI is InChI=1S/C21H30O/c1-4-14-5-7-18-17-8-6-15-12-16(22)9-10-21(15,3)19(17)11-13(2)20(14)18/h4,9-10,12-14,16-20,22H,1,5-8,11H2,2-3H3/t13-,14+,16+,17?,18?,19?,20?,21+/m1/s1. The number of fused-ring (bicyclic) bond motifs is 5. The molecule has 22 heavy (non-hydrogen) atoms. The molecular formula is C21H30O. The van der Waals surface area contributed by atoms with E-state index in [-0.39, 0.29) is 11.5 Å². The van der Waals surface area contributed by atoms with Crippen molar-refractivity contribution in [3.63, 3.8) is 0 Å². The van der Waals surface area contributed by atoms with Crippen molar-refractivity contribution < 1.29 is 5.11 Å². The van der Waals surface area contributed by atoms with Gasteiger partial charge < -0.3 is 5.11 Å². The van der Waals surface area contributed by atoms with Gasteiger partial charge in [0.1, 0.15) is 0 Å². The van der Waals surface area contributed by atoms with Crippen LogP contribution in [0.15, 0.2) is 36.5 Å². The van der Waals surface area contributed by atoms with Crippen LogP contribution in [0, 0.1) is 40.9 Å². The van der Waals surface area contributed by atoms with E-state index in [0.29, 0.717) is 0 Å². The van der Waals surface area contributed by atoms with Crippen molar-refractivity contribution in [3.8, 4) is 0 Å². The summed E-state index contributed by atoms with van der Waals surface area (Å²) in [6, 6.07) is 0. The first-order valence-electron chi connectivity index (χ1n) is 9.25. The van der Waals surface area contributed by atoms with Crippen LogP contribution in [-0.2, 0) is 0 Å². The molecule has 0 amide bonds. The number of hydrogen-bond acceptors (Lipinski definition) is 1.